The van der Waals surface area contributed by atoms with Gasteiger partial charge in [-0.2, -0.15) is 0 Å². The van der Waals surface area contributed by atoms with Crippen molar-refractivity contribution in [3.63, 3.8) is 0 Å². The van der Waals surface area contributed by atoms with E-state index in [2.05, 4.69) is 0 Å². The molecule has 3 aromatic carbocycles. The predicted octanol–water partition coefficient (Wildman–Crippen LogP) is 5.60. The fraction of sp³-hybridized carbons (Fsp3) is 0.267. The molecule has 1 atom stereocenters. The van der Waals surface area contributed by atoms with E-state index in [1.165, 1.54) is 12.1 Å². The molecule has 1 unspecified atom stereocenters. The van der Waals surface area contributed by atoms with Gasteiger partial charge in [-0.3, -0.25) is 4.79 Å². The van der Waals surface area contributed by atoms with Crippen molar-refractivity contribution in [2.24, 2.45) is 0 Å². The Morgan fingerprint density at radius 3 is 2.79 bits per heavy atom. The topological polar surface area (TPSA) is 70.1 Å². The van der Waals surface area contributed by atoms with Crippen LogP contribution in [0.25, 0.3) is 22.2 Å². The number of hydrogen-bond donors (Lipinski definition) is 0. The maximum Gasteiger partial charge on any atom is 0.254 e. The van der Waals surface area contributed by atoms with Crippen LogP contribution in [0.2, 0.25) is 0 Å². The van der Waals surface area contributed by atoms with Crippen molar-refractivity contribution in [3.8, 4) is 28.5 Å². The van der Waals surface area contributed by atoms with Gasteiger partial charge in [0.05, 0.1) is 24.4 Å². The van der Waals surface area contributed by atoms with E-state index in [1.54, 1.807) is 36.3 Å². The lowest BCUT2D eigenvalue weighted by Gasteiger charge is -2.27. The van der Waals surface area contributed by atoms with Gasteiger partial charge in [-0.15, -0.1) is 0 Å². The third-order valence-electron chi connectivity index (χ3n) is 6.94. The average molecular weight is 515 g/mol. The van der Waals surface area contributed by atoms with E-state index in [0.717, 1.165) is 29.4 Å². The molecule has 38 heavy (non-hydrogen) atoms. The highest BCUT2D eigenvalue weighted by Crippen LogP contribution is 2.35. The summed E-state index contributed by atoms with van der Waals surface area (Å²) in [6, 6.07) is 19.3. The Labute approximate surface area is 219 Å². The number of carbonyl (C=O) groups excluding carboxylic acids is 1. The molecule has 0 N–H and O–H groups in total. The molecule has 0 aliphatic carbocycles. The largest absolute Gasteiger partial charge is 0.496 e. The number of rotatable bonds is 7. The Balaban J connectivity index is 1.43. The van der Waals surface area contributed by atoms with Gasteiger partial charge in [-0.1, -0.05) is 12.1 Å². The van der Waals surface area contributed by atoms with Crippen LogP contribution in [0.15, 0.2) is 66.7 Å². The van der Waals surface area contributed by atoms with Gasteiger partial charge in [-0.25, -0.2) is 9.37 Å². The fourth-order valence-electron chi connectivity index (χ4n) is 5.05. The summed E-state index contributed by atoms with van der Waals surface area (Å²) < 4.78 is 36.5. The lowest BCUT2D eigenvalue weighted by molar-refractivity contribution is 0.0507. The number of methoxy groups -OCH3 is 1. The van der Waals surface area contributed by atoms with Crippen molar-refractivity contribution >= 4 is 16.8 Å². The van der Waals surface area contributed by atoms with Crippen LogP contribution in [0.3, 0.4) is 0 Å². The number of fused-ring (bicyclic) bond motifs is 2. The van der Waals surface area contributed by atoms with Crippen LogP contribution in [-0.2, 0) is 11.3 Å². The molecule has 1 saturated heterocycles. The number of pyridine rings is 1. The molecule has 7 nitrogen and oxygen atoms in total. The van der Waals surface area contributed by atoms with Crippen LogP contribution in [-0.4, -0.2) is 48.9 Å². The van der Waals surface area contributed by atoms with Crippen LogP contribution in [0, 0.1) is 5.82 Å². The Kier molecular flexibility index (Phi) is 6.55. The summed E-state index contributed by atoms with van der Waals surface area (Å²) in [6.45, 7) is 1.53. The number of nitrogens with zero attached hydrogens (tertiary/aromatic N) is 2. The number of halogens is 1. The molecule has 0 bridgehead atoms. The van der Waals surface area contributed by atoms with Gasteiger partial charge in [0.2, 0.25) is 6.79 Å². The molecule has 3 heterocycles. The highest BCUT2D eigenvalue weighted by Gasteiger charge is 2.27. The van der Waals surface area contributed by atoms with Crippen molar-refractivity contribution < 1.29 is 28.1 Å². The summed E-state index contributed by atoms with van der Waals surface area (Å²) in [4.78, 5) is 20.5. The van der Waals surface area contributed by atoms with Crippen molar-refractivity contribution in [1.82, 2.24) is 9.88 Å². The summed E-state index contributed by atoms with van der Waals surface area (Å²) in [5.74, 6) is 1.31. The van der Waals surface area contributed by atoms with Crippen molar-refractivity contribution in [1.29, 1.82) is 0 Å². The molecule has 0 radical (unpaired) electrons. The van der Waals surface area contributed by atoms with Gasteiger partial charge in [0.25, 0.3) is 5.91 Å². The molecule has 0 spiro atoms. The molecule has 8 heteroatoms. The van der Waals surface area contributed by atoms with Gasteiger partial charge in [0.15, 0.2) is 11.5 Å². The van der Waals surface area contributed by atoms with Crippen molar-refractivity contribution in [3.05, 3.63) is 83.7 Å². The highest BCUT2D eigenvalue weighted by molar-refractivity contribution is 5.95. The SMILES string of the molecule is COc1ccccc1-c1nc2cc(F)ccc2cc1CN(CC1CCCO1)C(=O)c1ccc2c(c1)OCO2. The van der Waals surface area contributed by atoms with Gasteiger partial charge in [0.1, 0.15) is 11.6 Å². The lowest BCUT2D eigenvalue weighted by atomic mass is 10.0. The molecule has 2 aliphatic rings. The van der Waals surface area contributed by atoms with E-state index in [4.69, 9.17) is 23.9 Å². The summed E-state index contributed by atoms with van der Waals surface area (Å²) in [5.41, 5.74) is 3.25. The average Bonchev–Trinajstić information content (AvgIpc) is 3.63. The zero-order valence-corrected chi connectivity index (χ0v) is 21.0. The molecular weight excluding hydrogens is 487 g/mol. The second-order valence-corrected chi connectivity index (χ2v) is 9.42. The first kappa shape index (κ1) is 24.2. The Morgan fingerprint density at radius 2 is 1.95 bits per heavy atom. The Morgan fingerprint density at radius 1 is 1.08 bits per heavy atom. The first-order chi connectivity index (χ1) is 18.6. The van der Waals surface area contributed by atoms with E-state index >= 15 is 0 Å². The van der Waals surface area contributed by atoms with Crippen molar-refractivity contribution in [2.45, 2.75) is 25.5 Å². The molecule has 194 valence electrons. The number of benzene rings is 3. The summed E-state index contributed by atoms with van der Waals surface area (Å²) in [5, 5.41) is 0.785. The molecular formula is C30H27FN2O5. The molecule has 2 aliphatic heterocycles. The normalized spacial score (nSPS) is 16.1. The van der Waals surface area contributed by atoms with Gasteiger partial charge < -0.3 is 23.8 Å². The summed E-state index contributed by atoms with van der Waals surface area (Å²) in [7, 11) is 1.60. The Bertz CT molecular complexity index is 1500. The minimum atomic E-state index is -0.360. The second kappa shape index (κ2) is 10.3. The molecule has 0 saturated carbocycles. The monoisotopic (exact) mass is 514 g/mol. The lowest BCUT2D eigenvalue weighted by Crippen LogP contribution is -2.37. The number of para-hydroxylation sites is 1. The van der Waals surface area contributed by atoms with Crippen LogP contribution >= 0.6 is 0 Å². The second-order valence-electron chi connectivity index (χ2n) is 9.42. The maximum absolute atomic E-state index is 14.1. The van der Waals surface area contributed by atoms with Crippen LogP contribution in [0.4, 0.5) is 4.39 Å². The maximum atomic E-state index is 14.1. The number of amides is 1. The zero-order valence-electron chi connectivity index (χ0n) is 21.0. The quantitative estimate of drug-likeness (QED) is 0.320. The van der Waals surface area contributed by atoms with Gasteiger partial charge >= 0.3 is 0 Å². The minimum Gasteiger partial charge on any atom is -0.496 e. The van der Waals surface area contributed by atoms with Crippen LogP contribution in [0.1, 0.15) is 28.8 Å². The summed E-state index contributed by atoms with van der Waals surface area (Å²) >= 11 is 0. The van der Waals surface area contributed by atoms with E-state index in [9.17, 15) is 9.18 Å². The fourth-order valence-corrected chi connectivity index (χ4v) is 5.05. The van der Waals surface area contributed by atoms with E-state index in [1.807, 2.05) is 30.3 Å². The van der Waals surface area contributed by atoms with Crippen molar-refractivity contribution in [2.75, 3.05) is 27.1 Å². The predicted molar refractivity (Wildman–Crippen MR) is 140 cm³/mol. The van der Waals surface area contributed by atoms with E-state index < -0.39 is 0 Å². The number of hydrogen-bond acceptors (Lipinski definition) is 6. The third kappa shape index (κ3) is 4.75. The van der Waals surface area contributed by atoms with Crippen LogP contribution < -0.4 is 14.2 Å². The minimum absolute atomic E-state index is 0.0508. The highest BCUT2D eigenvalue weighted by atomic mass is 19.1. The molecule has 1 amide bonds. The smallest absolute Gasteiger partial charge is 0.254 e. The molecule has 1 aromatic heterocycles. The Hall–Kier alpha value is -4.17. The molecule has 6 rings (SSSR count). The third-order valence-corrected chi connectivity index (χ3v) is 6.94. The molecule has 1 fully saturated rings. The first-order valence-electron chi connectivity index (χ1n) is 12.6. The summed E-state index contributed by atoms with van der Waals surface area (Å²) in [6.07, 6.45) is 1.80. The standard InChI is InChI=1S/C30H27FN2O5/c1-35-26-7-3-2-6-24(26)29-21(13-19-8-10-22(31)15-25(19)32-29)16-33(17-23-5-4-12-36-23)30(34)20-9-11-27-28(14-20)38-18-37-27/h2-3,6-11,13-15,23H,4-5,12,16-18H2,1H3. The van der Waals surface area contributed by atoms with E-state index in [0.29, 0.717) is 47.2 Å². The number of aromatic nitrogens is 1. The number of carbonyl (C=O) groups is 1. The zero-order chi connectivity index (χ0) is 26.1. The number of ether oxygens (including phenoxy) is 4. The van der Waals surface area contributed by atoms with E-state index in [-0.39, 0.29) is 31.2 Å². The van der Waals surface area contributed by atoms with Gasteiger partial charge in [0, 0.05) is 42.3 Å². The van der Waals surface area contributed by atoms with Gasteiger partial charge in [-0.05, 0) is 66.9 Å². The first-order valence-corrected chi connectivity index (χ1v) is 12.6. The van der Waals surface area contributed by atoms with Crippen LogP contribution in [0.5, 0.6) is 17.2 Å². The molecule has 4 aromatic rings.